The number of benzene rings is 1. The van der Waals surface area contributed by atoms with Gasteiger partial charge in [-0.05, 0) is 19.1 Å². The smallest absolute Gasteiger partial charge is 0.207 e. The minimum atomic E-state index is -0.638. The Balaban J connectivity index is 2.28. The lowest BCUT2D eigenvalue weighted by atomic mass is 10.3. The van der Waals surface area contributed by atoms with E-state index in [1.807, 2.05) is 6.92 Å². The summed E-state index contributed by atoms with van der Waals surface area (Å²) in [5.41, 5.74) is 0.242. The van der Waals surface area contributed by atoms with Crippen molar-refractivity contribution >= 4 is 5.95 Å². The number of hydrogen-bond acceptors (Lipinski definition) is 3. The molecule has 6 heteroatoms. The Morgan fingerprint density at radius 3 is 2.89 bits per heavy atom. The van der Waals surface area contributed by atoms with Crippen LogP contribution in [0, 0.1) is 11.6 Å². The molecule has 1 unspecified atom stereocenters. The molecule has 0 saturated heterocycles. The zero-order valence-corrected chi connectivity index (χ0v) is 10.7. The van der Waals surface area contributed by atoms with Crippen molar-refractivity contribution in [2.45, 2.75) is 13.0 Å². The molecule has 0 fully saturated rings. The van der Waals surface area contributed by atoms with Crippen LogP contribution >= 0.6 is 0 Å². The molecule has 2 aromatic rings. The third kappa shape index (κ3) is 3.08. The number of imidazole rings is 1. The van der Waals surface area contributed by atoms with Gasteiger partial charge < -0.3 is 10.1 Å². The predicted molar refractivity (Wildman–Crippen MR) is 68.4 cm³/mol. The van der Waals surface area contributed by atoms with Crippen molar-refractivity contribution in [3.8, 4) is 5.69 Å². The van der Waals surface area contributed by atoms with Gasteiger partial charge in [0.1, 0.15) is 11.6 Å². The van der Waals surface area contributed by atoms with E-state index in [0.717, 1.165) is 6.07 Å². The van der Waals surface area contributed by atoms with Gasteiger partial charge in [0.25, 0.3) is 0 Å². The largest absolute Gasteiger partial charge is 0.383 e. The molecule has 0 spiro atoms. The third-order valence-corrected chi connectivity index (χ3v) is 2.60. The summed E-state index contributed by atoms with van der Waals surface area (Å²) in [6.45, 7) is 2.42. The Morgan fingerprint density at radius 1 is 1.42 bits per heavy atom. The summed E-state index contributed by atoms with van der Waals surface area (Å²) in [7, 11) is 1.60. The molecule has 1 aromatic carbocycles. The van der Waals surface area contributed by atoms with E-state index in [4.69, 9.17) is 4.74 Å². The number of rotatable bonds is 5. The van der Waals surface area contributed by atoms with Crippen molar-refractivity contribution < 1.29 is 13.5 Å². The first kappa shape index (κ1) is 13.5. The normalized spacial score (nSPS) is 12.4. The van der Waals surface area contributed by atoms with Crippen molar-refractivity contribution in [1.29, 1.82) is 0 Å². The molecule has 0 aliphatic heterocycles. The standard InChI is InChI=1S/C13H15F2N3O/c1-9(8-19-2)17-13-16-5-6-18(13)12-4-3-10(14)7-11(12)15/h3-7,9H,8H2,1-2H3,(H,16,17). The molecule has 0 amide bonds. The second kappa shape index (κ2) is 5.79. The highest BCUT2D eigenvalue weighted by atomic mass is 19.1. The number of aromatic nitrogens is 2. The maximum Gasteiger partial charge on any atom is 0.207 e. The van der Waals surface area contributed by atoms with Crippen LogP contribution < -0.4 is 5.32 Å². The van der Waals surface area contributed by atoms with Gasteiger partial charge in [-0.2, -0.15) is 0 Å². The quantitative estimate of drug-likeness (QED) is 0.905. The Kier molecular flexibility index (Phi) is 4.11. The summed E-state index contributed by atoms with van der Waals surface area (Å²) in [6.07, 6.45) is 3.16. The molecular formula is C13H15F2N3O. The van der Waals surface area contributed by atoms with Crippen LogP contribution in [0.2, 0.25) is 0 Å². The molecule has 0 aliphatic carbocycles. The first-order chi connectivity index (χ1) is 9.11. The van der Waals surface area contributed by atoms with Crippen LogP contribution in [0.25, 0.3) is 5.69 Å². The SMILES string of the molecule is COCC(C)Nc1nccn1-c1ccc(F)cc1F. The summed E-state index contributed by atoms with van der Waals surface area (Å²) in [5.74, 6) is -0.765. The molecule has 19 heavy (non-hydrogen) atoms. The maximum absolute atomic E-state index is 13.7. The third-order valence-electron chi connectivity index (χ3n) is 2.60. The highest BCUT2D eigenvalue weighted by Crippen LogP contribution is 2.19. The van der Waals surface area contributed by atoms with E-state index in [0.29, 0.717) is 12.6 Å². The van der Waals surface area contributed by atoms with Crippen LogP contribution in [-0.2, 0) is 4.74 Å². The van der Waals surface area contributed by atoms with Crippen molar-refractivity contribution in [2.75, 3.05) is 19.0 Å². The lowest BCUT2D eigenvalue weighted by Crippen LogP contribution is -2.23. The zero-order chi connectivity index (χ0) is 13.8. The highest BCUT2D eigenvalue weighted by molar-refractivity contribution is 5.43. The first-order valence-corrected chi connectivity index (χ1v) is 5.86. The molecule has 102 valence electrons. The van der Waals surface area contributed by atoms with E-state index in [1.54, 1.807) is 19.5 Å². The summed E-state index contributed by atoms with van der Waals surface area (Å²) in [4.78, 5) is 4.11. The molecule has 1 atom stereocenters. The topological polar surface area (TPSA) is 39.1 Å². The fourth-order valence-electron chi connectivity index (χ4n) is 1.79. The molecule has 1 heterocycles. The molecule has 0 radical (unpaired) electrons. The van der Waals surface area contributed by atoms with Crippen molar-refractivity contribution in [1.82, 2.24) is 9.55 Å². The van der Waals surface area contributed by atoms with Gasteiger partial charge in [0.05, 0.1) is 12.3 Å². The number of hydrogen-bond donors (Lipinski definition) is 1. The van der Waals surface area contributed by atoms with Gasteiger partial charge in [-0.3, -0.25) is 4.57 Å². The fourth-order valence-corrected chi connectivity index (χ4v) is 1.79. The van der Waals surface area contributed by atoms with Crippen molar-refractivity contribution in [2.24, 2.45) is 0 Å². The molecule has 1 aromatic heterocycles. The number of nitrogens with zero attached hydrogens (tertiary/aromatic N) is 2. The lowest BCUT2D eigenvalue weighted by Gasteiger charge is -2.15. The monoisotopic (exact) mass is 267 g/mol. The van der Waals surface area contributed by atoms with E-state index in [1.165, 1.54) is 16.7 Å². The van der Waals surface area contributed by atoms with Crippen molar-refractivity contribution in [3.05, 3.63) is 42.2 Å². The average Bonchev–Trinajstić information content (AvgIpc) is 2.77. The van der Waals surface area contributed by atoms with Crippen LogP contribution in [0.15, 0.2) is 30.6 Å². The Bertz CT molecular complexity index is 557. The van der Waals surface area contributed by atoms with Gasteiger partial charge in [0.15, 0.2) is 0 Å². The Hall–Kier alpha value is -1.95. The average molecular weight is 267 g/mol. The van der Waals surface area contributed by atoms with Crippen LogP contribution in [0.3, 0.4) is 0 Å². The second-order valence-electron chi connectivity index (χ2n) is 4.22. The minimum Gasteiger partial charge on any atom is -0.383 e. The van der Waals surface area contributed by atoms with Gasteiger partial charge >= 0.3 is 0 Å². The maximum atomic E-state index is 13.7. The fraction of sp³-hybridized carbons (Fsp3) is 0.308. The molecule has 2 rings (SSSR count). The minimum absolute atomic E-state index is 0.0228. The summed E-state index contributed by atoms with van der Waals surface area (Å²) < 4.78 is 33.2. The van der Waals surface area contributed by atoms with E-state index in [2.05, 4.69) is 10.3 Å². The van der Waals surface area contributed by atoms with Gasteiger partial charge in [0, 0.05) is 31.6 Å². The zero-order valence-electron chi connectivity index (χ0n) is 10.7. The molecule has 0 bridgehead atoms. The lowest BCUT2D eigenvalue weighted by molar-refractivity contribution is 0.190. The first-order valence-electron chi connectivity index (χ1n) is 5.86. The van der Waals surface area contributed by atoms with E-state index in [9.17, 15) is 8.78 Å². The molecule has 0 saturated carbocycles. The Morgan fingerprint density at radius 2 is 2.21 bits per heavy atom. The highest BCUT2D eigenvalue weighted by Gasteiger charge is 2.12. The van der Waals surface area contributed by atoms with Crippen LogP contribution in [-0.4, -0.2) is 29.3 Å². The molecule has 4 nitrogen and oxygen atoms in total. The van der Waals surface area contributed by atoms with Gasteiger partial charge in [-0.1, -0.05) is 0 Å². The summed E-state index contributed by atoms with van der Waals surface area (Å²) >= 11 is 0. The number of methoxy groups -OCH3 is 1. The van der Waals surface area contributed by atoms with E-state index >= 15 is 0 Å². The van der Waals surface area contributed by atoms with Crippen LogP contribution in [0.1, 0.15) is 6.92 Å². The van der Waals surface area contributed by atoms with Gasteiger partial charge in [-0.25, -0.2) is 13.8 Å². The number of halogens is 2. The summed E-state index contributed by atoms with van der Waals surface area (Å²) in [5, 5.41) is 3.10. The summed E-state index contributed by atoms with van der Waals surface area (Å²) in [6, 6.07) is 3.45. The van der Waals surface area contributed by atoms with Gasteiger partial charge in [-0.15, -0.1) is 0 Å². The van der Waals surface area contributed by atoms with E-state index in [-0.39, 0.29) is 11.7 Å². The predicted octanol–water partition coefficient (Wildman–Crippen LogP) is 2.60. The van der Waals surface area contributed by atoms with Crippen LogP contribution in [0.4, 0.5) is 14.7 Å². The molecule has 0 aliphatic rings. The van der Waals surface area contributed by atoms with Gasteiger partial charge in [0.2, 0.25) is 5.95 Å². The number of anilines is 1. The number of nitrogens with one attached hydrogen (secondary N) is 1. The molecular weight excluding hydrogens is 252 g/mol. The van der Waals surface area contributed by atoms with Crippen molar-refractivity contribution in [3.63, 3.8) is 0 Å². The van der Waals surface area contributed by atoms with Crippen LogP contribution in [0.5, 0.6) is 0 Å². The Labute approximate surface area is 110 Å². The number of ether oxygens (including phenoxy) is 1. The second-order valence-corrected chi connectivity index (χ2v) is 4.22. The molecule has 1 N–H and O–H groups in total. The van der Waals surface area contributed by atoms with E-state index < -0.39 is 11.6 Å².